The third kappa shape index (κ3) is 31.5. The summed E-state index contributed by atoms with van der Waals surface area (Å²) >= 11 is 0. The highest BCUT2D eigenvalue weighted by Gasteiger charge is 2.47. The van der Waals surface area contributed by atoms with Gasteiger partial charge in [0.05, 0.1) is 13.0 Å². The summed E-state index contributed by atoms with van der Waals surface area (Å²) in [5.74, 6) is -2.61. The molecule has 0 spiro atoms. The standard InChI is InChI=1S/C51H84O11/c1-3-5-7-9-11-13-15-17-19-20-21-22-23-24-26-28-30-32-34-36-38-40-45(53)61-43(42-60-51-48(56)46(54)47(55)49(62-51)50(57)58)41-59-44(52)39-37-35-33-31-29-27-25-18-16-14-12-10-8-6-4-2/h6,8,12,14,18,20-21,25,29,31,35,37,43,46-49,51,54-56H,3-5,7,9-11,13,15-17,19,22-24,26-28,30,32-34,36,38-42H2,1-2H3,(H,57,58)/b8-6-,14-12-,21-20-,25-18-,31-29-,37-35-. The number of aliphatic hydroxyl groups excluding tert-OH is 3. The number of carboxylic acid groups (broad SMARTS) is 1. The van der Waals surface area contributed by atoms with Gasteiger partial charge in [-0.2, -0.15) is 0 Å². The molecular weight excluding hydrogens is 789 g/mol. The van der Waals surface area contributed by atoms with Gasteiger partial charge < -0.3 is 39.4 Å². The van der Waals surface area contributed by atoms with Gasteiger partial charge in [0.15, 0.2) is 18.5 Å². The summed E-state index contributed by atoms with van der Waals surface area (Å²) < 4.78 is 21.6. The zero-order chi connectivity index (χ0) is 45.3. The van der Waals surface area contributed by atoms with Gasteiger partial charge in [0.1, 0.15) is 24.9 Å². The number of rotatable bonds is 39. The van der Waals surface area contributed by atoms with Crippen LogP contribution in [0.15, 0.2) is 72.9 Å². The normalized spacial score (nSPS) is 20.2. The van der Waals surface area contributed by atoms with Crippen LogP contribution in [0.2, 0.25) is 0 Å². The topological polar surface area (TPSA) is 169 Å². The highest BCUT2D eigenvalue weighted by Crippen LogP contribution is 2.23. The zero-order valence-corrected chi connectivity index (χ0v) is 38.3. The van der Waals surface area contributed by atoms with Crippen LogP contribution in [-0.4, -0.2) is 88.4 Å². The smallest absolute Gasteiger partial charge is 0.335 e. The predicted molar refractivity (Wildman–Crippen MR) is 247 cm³/mol. The average Bonchev–Trinajstić information content (AvgIpc) is 3.26. The number of allylic oxidation sites excluding steroid dienone is 11. The maximum absolute atomic E-state index is 12.8. The lowest BCUT2D eigenvalue weighted by molar-refractivity contribution is -0.298. The molecule has 62 heavy (non-hydrogen) atoms. The lowest BCUT2D eigenvalue weighted by Gasteiger charge is -2.38. The van der Waals surface area contributed by atoms with Gasteiger partial charge >= 0.3 is 17.9 Å². The van der Waals surface area contributed by atoms with E-state index in [0.717, 1.165) is 44.9 Å². The molecule has 0 aliphatic carbocycles. The van der Waals surface area contributed by atoms with Gasteiger partial charge in [-0.15, -0.1) is 0 Å². The molecule has 4 N–H and O–H groups in total. The van der Waals surface area contributed by atoms with E-state index in [2.05, 4.69) is 68.5 Å². The lowest BCUT2D eigenvalue weighted by Crippen LogP contribution is -2.60. The molecule has 0 bridgehead atoms. The van der Waals surface area contributed by atoms with Gasteiger partial charge in [-0.25, -0.2) is 4.79 Å². The molecule has 0 aromatic heterocycles. The molecule has 1 aliphatic rings. The molecule has 11 nitrogen and oxygen atoms in total. The number of hydrogen-bond acceptors (Lipinski definition) is 10. The van der Waals surface area contributed by atoms with E-state index in [-0.39, 0.29) is 19.4 Å². The van der Waals surface area contributed by atoms with E-state index in [4.69, 9.17) is 18.9 Å². The summed E-state index contributed by atoms with van der Waals surface area (Å²) in [6.45, 7) is 3.61. The summed E-state index contributed by atoms with van der Waals surface area (Å²) in [5.41, 5.74) is 0. The molecule has 0 aromatic rings. The van der Waals surface area contributed by atoms with Crippen molar-refractivity contribution in [3.63, 3.8) is 0 Å². The SMILES string of the molecule is CC/C=C\C/C=C\C/C=C\C/C=C\C/C=C\CC(=O)OCC(COC1OC(C(=O)O)C(O)C(O)C1O)OC(=O)CCCCCCCCCCC/C=C\CCCCCCCCCC. The number of carbonyl (C=O) groups is 3. The Balaban J connectivity index is 2.37. The Labute approximate surface area is 374 Å². The first-order valence-electron chi connectivity index (χ1n) is 24.0. The van der Waals surface area contributed by atoms with Crippen LogP contribution in [0.5, 0.6) is 0 Å². The highest BCUT2D eigenvalue weighted by molar-refractivity contribution is 5.73. The second kappa shape index (κ2) is 40.4. The summed E-state index contributed by atoms with van der Waals surface area (Å²) in [7, 11) is 0. The second-order valence-corrected chi connectivity index (χ2v) is 16.2. The largest absolute Gasteiger partial charge is 0.479 e. The highest BCUT2D eigenvalue weighted by atomic mass is 16.7. The Morgan fingerprint density at radius 2 is 1.00 bits per heavy atom. The molecule has 1 aliphatic heterocycles. The van der Waals surface area contributed by atoms with E-state index in [1.807, 2.05) is 12.2 Å². The number of esters is 2. The molecule has 1 saturated heterocycles. The van der Waals surface area contributed by atoms with Gasteiger partial charge in [-0.1, -0.05) is 177 Å². The molecule has 354 valence electrons. The summed E-state index contributed by atoms with van der Waals surface area (Å²) in [6, 6.07) is 0. The van der Waals surface area contributed by atoms with Crippen LogP contribution in [0.4, 0.5) is 0 Å². The summed E-state index contributed by atoms with van der Waals surface area (Å²) in [6.07, 6.45) is 42.7. The number of aliphatic carboxylic acids is 1. The Morgan fingerprint density at radius 3 is 1.50 bits per heavy atom. The predicted octanol–water partition coefficient (Wildman–Crippen LogP) is 10.9. The fraction of sp³-hybridized carbons (Fsp3) is 0.706. The van der Waals surface area contributed by atoms with E-state index in [9.17, 15) is 34.8 Å². The van der Waals surface area contributed by atoms with Crippen LogP contribution in [0.3, 0.4) is 0 Å². The molecule has 0 aromatic carbocycles. The number of carboxylic acids is 1. The molecule has 1 fully saturated rings. The molecular formula is C51H84O11. The quantitative estimate of drug-likeness (QED) is 0.0263. The van der Waals surface area contributed by atoms with Crippen LogP contribution in [0.25, 0.3) is 0 Å². The van der Waals surface area contributed by atoms with Crippen molar-refractivity contribution in [1.29, 1.82) is 0 Å². The van der Waals surface area contributed by atoms with Crippen molar-refractivity contribution >= 4 is 17.9 Å². The third-order valence-corrected chi connectivity index (χ3v) is 10.6. The first kappa shape index (κ1) is 56.7. The van der Waals surface area contributed by atoms with E-state index < -0.39 is 61.3 Å². The third-order valence-electron chi connectivity index (χ3n) is 10.6. The van der Waals surface area contributed by atoms with Crippen molar-refractivity contribution in [3.8, 4) is 0 Å². The Morgan fingerprint density at radius 1 is 0.532 bits per heavy atom. The Bertz CT molecular complexity index is 1300. The minimum absolute atomic E-state index is 0.000647. The minimum Gasteiger partial charge on any atom is -0.479 e. The molecule has 0 saturated carbocycles. The summed E-state index contributed by atoms with van der Waals surface area (Å²) in [4.78, 5) is 36.8. The first-order valence-corrected chi connectivity index (χ1v) is 24.0. The number of carbonyl (C=O) groups excluding carboxylic acids is 2. The number of unbranched alkanes of at least 4 members (excludes halogenated alkanes) is 17. The molecule has 6 unspecified atom stereocenters. The Hall–Kier alpha value is -3.35. The minimum atomic E-state index is -1.88. The maximum Gasteiger partial charge on any atom is 0.335 e. The van der Waals surface area contributed by atoms with Crippen LogP contribution in [0.1, 0.15) is 181 Å². The van der Waals surface area contributed by atoms with Gasteiger partial charge in [-0.3, -0.25) is 9.59 Å². The van der Waals surface area contributed by atoms with Crippen LogP contribution >= 0.6 is 0 Å². The van der Waals surface area contributed by atoms with E-state index in [0.29, 0.717) is 12.8 Å². The van der Waals surface area contributed by atoms with E-state index in [1.54, 1.807) is 6.08 Å². The van der Waals surface area contributed by atoms with Crippen LogP contribution in [-0.2, 0) is 33.3 Å². The monoisotopic (exact) mass is 873 g/mol. The zero-order valence-electron chi connectivity index (χ0n) is 38.3. The van der Waals surface area contributed by atoms with Crippen molar-refractivity contribution in [2.45, 2.75) is 218 Å². The second-order valence-electron chi connectivity index (χ2n) is 16.2. The number of aliphatic hydroxyl groups is 3. The number of ether oxygens (including phenoxy) is 4. The molecule has 1 heterocycles. The average molecular weight is 873 g/mol. The van der Waals surface area contributed by atoms with Crippen molar-refractivity contribution in [2.75, 3.05) is 13.2 Å². The van der Waals surface area contributed by atoms with Gasteiger partial charge in [0.2, 0.25) is 0 Å². The van der Waals surface area contributed by atoms with Crippen molar-refractivity contribution in [2.24, 2.45) is 0 Å². The van der Waals surface area contributed by atoms with E-state index in [1.165, 1.54) is 96.3 Å². The molecule has 1 rings (SSSR count). The van der Waals surface area contributed by atoms with Crippen molar-refractivity contribution in [3.05, 3.63) is 72.9 Å². The molecule has 6 atom stereocenters. The first-order chi connectivity index (χ1) is 30.2. The summed E-state index contributed by atoms with van der Waals surface area (Å²) in [5, 5.41) is 39.8. The van der Waals surface area contributed by atoms with Gasteiger partial charge in [0.25, 0.3) is 0 Å². The fourth-order valence-corrected chi connectivity index (χ4v) is 6.83. The molecule has 11 heteroatoms. The maximum atomic E-state index is 12.8. The number of hydrogen-bond donors (Lipinski definition) is 4. The van der Waals surface area contributed by atoms with Crippen molar-refractivity contribution < 1.29 is 53.8 Å². The molecule has 0 amide bonds. The molecule has 0 radical (unpaired) electrons. The van der Waals surface area contributed by atoms with Gasteiger partial charge in [0, 0.05) is 6.42 Å². The fourth-order valence-electron chi connectivity index (χ4n) is 6.83. The van der Waals surface area contributed by atoms with Crippen molar-refractivity contribution in [1.82, 2.24) is 0 Å². The van der Waals surface area contributed by atoms with Crippen LogP contribution in [0, 0.1) is 0 Å². The van der Waals surface area contributed by atoms with Gasteiger partial charge in [-0.05, 0) is 64.2 Å². The van der Waals surface area contributed by atoms with E-state index >= 15 is 0 Å². The Kier molecular flexibility index (Phi) is 36.9. The van der Waals surface area contributed by atoms with Crippen LogP contribution < -0.4 is 0 Å². The lowest BCUT2D eigenvalue weighted by atomic mass is 9.99.